The van der Waals surface area contributed by atoms with Crippen LogP contribution in [0.25, 0.3) is 11.4 Å². The summed E-state index contributed by atoms with van der Waals surface area (Å²) in [6, 6.07) is 6.82. The van der Waals surface area contributed by atoms with Crippen molar-refractivity contribution in [1.82, 2.24) is 10.1 Å². The summed E-state index contributed by atoms with van der Waals surface area (Å²) in [6.45, 7) is 0. The van der Waals surface area contributed by atoms with Crippen molar-refractivity contribution < 1.29 is 18.8 Å². The maximum absolute atomic E-state index is 12.9. The second kappa shape index (κ2) is 5.82. The molecule has 2 N–H and O–H groups in total. The molecule has 0 atom stereocenters. The number of nitrogens with one attached hydrogen (secondary N) is 2. The van der Waals surface area contributed by atoms with Gasteiger partial charge in [0.1, 0.15) is 5.41 Å². The monoisotopic (exact) mass is 357 g/mol. The Labute approximate surface area is 148 Å². The number of carbonyl (C=O) groups is 2. The number of rotatable bonds is 4. The Morgan fingerprint density at radius 1 is 1.31 bits per heavy atom. The van der Waals surface area contributed by atoms with Crippen LogP contribution in [0.3, 0.4) is 0 Å². The number of methoxy groups -OCH3 is 1. The van der Waals surface area contributed by atoms with Crippen LogP contribution in [0.5, 0.6) is 0 Å². The zero-order valence-electron chi connectivity index (χ0n) is 14.3. The Kier molecular flexibility index (Phi) is 3.71. The highest BCUT2D eigenvalue weighted by molar-refractivity contribution is 6.10. The molecule has 1 spiro atoms. The molecular formula is C18H19N3O5. The van der Waals surface area contributed by atoms with Gasteiger partial charge in [-0.15, -0.1) is 0 Å². The van der Waals surface area contributed by atoms with Crippen molar-refractivity contribution >= 4 is 17.6 Å². The lowest BCUT2D eigenvalue weighted by Gasteiger charge is -2.58. The van der Waals surface area contributed by atoms with Gasteiger partial charge in [-0.25, -0.2) is 4.79 Å². The average molecular weight is 357 g/mol. The summed E-state index contributed by atoms with van der Waals surface area (Å²) in [5, 5.41) is 6.44. The van der Waals surface area contributed by atoms with Crippen molar-refractivity contribution in [3.05, 3.63) is 34.8 Å². The molecule has 0 aliphatic heterocycles. The summed E-state index contributed by atoms with van der Waals surface area (Å²) in [5.74, 6) is -1.22. The van der Waals surface area contributed by atoms with Gasteiger partial charge in [-0.05, 0) is 43.2 Å². The normalized spacial score (nSPS) is 19.3. The molecule has 0 saturated heterocycles. The van der Waals surface area contributed by atoms with E-state index >= 15 is 0 Å². The van der Waals surface area contributed by atoms with Gasteiger partial charge in [-0.3, -0.25) is 19.1 Å². The van der Waals surface area contributed by atoms with Crippen LogP contribution in [0, 0.1) is 10.8 Å². The van der Waals surface area contributed by atoms with Crippen LogP contribution in [-0.2, 0) is 14.3 Å². The molecule has 2 fully saturated rings. The Bertz CT molecular complexity index is 917. The van der Waals surface area contributed by atoms with Crippen molar-refractivity contribution in [2.24, 2.45) is 10.8 Å². The van der Waals surface area contributed by atoms with Gasteiger partial charge in [0.25, 0.3) is 0 Å². The highest BCUT2D eigenvalue weighted by Gasteiger charge is 2.65. The molecule has 1 aromatic carbocycles. The average Bonchev–Trinajstić information content (AvgIpc) is 2.99. The molecule has 136 valence electrons. The number of anilines is 1. The van der Waals surface area contributed by atoms with Crippen molar-refractivity contribution in [1.29, 1.82) is 0 Å². The molecule has 8 heteroatoms. The third-order valence-corrected chi connectivity index (χ3v) is 5.61. The maximum Gasteiger partial charge on any atom is 0.439 e. The number of ether oxygens (including phenoxy) is 1. The minimum absolute atomic E-state index is 0.133. The Morgan fingerprint density at radius 3 is 2.65 bits per heavy atom. The Balaban J connectivity index is 1.55. The fourth-order valence-corrected chi connectivity index (χ4v) is 4.20. The minimum Gasteiger partial charge on any atom is -0.468 e. The molecule has 2 aromatic rings. The zero-order chi connectivity index (χ0) is 18.4. The van der Waals surface area contributed by atoms with Gasteiger partial charge in [0.15, 0.2) is 5.82 Å². The number of carbonyl (C=O) groups excluding carboxylic acids is 2. The quantitative estimate of drug-likeness (QED) is 0.640. The number of hydrogen-bond donors (Lipinski definition) is 2. The van der Waals surface area contributed by atoms with E-state index < -0.39 is 17.1 Å². The van der Waals surface area contributed by atoms with Gasteiger partial charge in [0.2, 0.25) is 5.91 Å². The minimum atomic E-state index is -1.12. The number of aromatic amines is 1. The zero-order valence-corrected chi connectivity index (χ0v) is 14.3. The number of benzene rings is 1. The van der Waals surface area contributed by atoms with Gasteiger partial charge < -0.3 is 10.1 Å². The van der Waals surface area contributed by atoms with E-state index in [0.717, 1.165) is 19.3 Å². The van der Waals surface area contributed by atoms with Crippen molar-refractivity contribution in [3.63, 3.8) is 0 Å². The Hall–Kier alpha value is -2.90. The fourth-order valence-electron chi connectivity index (χ4n) is 4.20. The molecule has 1 amide bonds. The van der Waals surface area contributed by atoms with Gasteiger partial charge in [-0.1, -0.05) is 23.7 Å². The van der Waals surface area contributed by atoms with E-state index in [0.29, 0.717) is 24.1 Å². The molecule has 8 nitrogen and oxygen atoms in total. The van der Waals surface area contributed by atoms with Gasteiger partial charge in [0.05, 0.1) is 7.11 Å². The molecule has 26 heavy (non-hydrogen) atoms. The van der Waals surface area contributed by atoms with Crippen molar-refractivity contribution in [2.75, 3.05) is 12.4 Å². The van der Waals surface area contributed by atoms with Crippen molar-refractivity contribution in [3.8, 4) is 11.4 Å². The van der Waals surface area contributed by atoms with Gasteiger partial charge >= 0.3 is 11.7 Å². The first-order valence-electron chi connectivity index (χ1n) is 8.53. The van der Waals surface area contributed by atoms with E-state index in [1.165, 1.54) is 7.11 Å². The van der Waals surface area contributed by atoms with E-state index in [-0.39, 0.29) is 17.1 Å². The number of H-pyrrole nitrogens is 1. The fraction of sp³-hybridized carbons (Fsp3) is 0.444. The summed E-state index contributed by atoms with van der Waals surface area (Å²) in [5.41, 5.74) is 0.111. The highest BCUT2D eigenvalue weighted by atomic mass is 16.5. The third-order valence-electron chi connectivity index (χ3n) is 5.61. The molecule has 1 aromatic heterocycles. The molecule has 0 unspecified atom stereocenters. The van der Waals surface area contributed by atoms with Crippen LogP contribution < -0.4 is 11.1 Å². The summed E-state index contributed by atoms with van der Waals surface area (Å²) in [7, 11) is 1.31. The summed E-state index contributed by atoms with van der Waals surface area (Å²) in [6.07, 6.45) is 4.35. The van der Waals surface area contributed by atoms with E-state index in [9.17, 15) is 14.4 Å². The molecule has 0 radical (unpaired) electrons. The molecule has 2 aliphatic carbocycles. The molecule has 1 heterocycles. The first-order valence-corrected chi connectivity index (χ1v) is 8.53. The topological polar surface area (TPSA) is 114 Å². The smallest absolute Gasteiger partial charge is 0.439 e. The molecule has 2 saturated carbocycles. The van der Waals surface area contributed by atoms with Crippen LogP contribution in [0.1, 0.15) is 32.1 Å². The predicted molar refractivity (Wildman–Crippen MR) is 91.2 cm³/mol. The standard InChI is InChI=1S/C18H19N3O5/c1-25-15(23)18(9-17(10-18)6-3-7-17)14(22)19-12-5-2-4-11(8-12)13-20-16(24)26-21-13/h2,4-5,8H,3,6-7,9-10H2,1H3,(H,19,22)(H,20,21,24). The number of nitrogens with zero attached hydrogens (tertiary/aromatic N) is 1. The number of hydrogen-bond acceptors (Lipinski definition) is 6. The van der Waals surface area contributed by atoms with Crippen molar-refractivity contribution in [2.45, 2.75) is 32.1 Å². The van der Waals surface area contributed by atoms with Gasteiger partial charge in [0, 0.05) is 11.3 Å². The number of esters is 1. The van der Waals surface area contributed by atoms with Crippen LogP contribution >= 0.6 is 0 Å². The molecule has 4 rings (SSSR count). The summed E-state index contributed by atoms with van der Waals surface area (Å²) >= 11 is 0. The lowest BCUT2D eigenvalue weighted by Crippen LogP contribution is -2.60. The second-order valence-corrected chi connectivity index (χ2v) is 7.26. The summed E-state index contributed by atoms with van der Waals surface area (Å²) in [4.78, 5) is 38.8. The second-order valence-electron chi connectivity index (χ2n) is 7.26. The lowest BCUT2D eigenvalue weighted by molar-refractivity contribution is -0.181. The first kappa shape index (κ1) is 16.6. The SMILES string of the molecule is COC(=O)C1(C(=O)Nc2cccc(-c3noc(=O)[nH]3)c2)CC2(CCC2)C1. The van der Waals surface area contributed by atoms with E-state index in [4.69, 9.17) is 4.74 Å². The van der Waals surface area contributed by atoms with E-state index in [1.807, 2.05) is 0 Å². The predicted octanol–water partition coefficient (Wildman–Crippen LogP) is 2.09. The van der Waals surface area contributed by atoms with Crippen LogP contribution in [0.2, 0.25) is 0 Å². The summed E-state index contributed by atoms with van der Waals surface area (Å²) < 4.78 is 9.41. The first-order chi connectivity index (χ1) is 12.5. The third kappa shape index (κ3) is 2.53. The maximum atomic E-state index is 12.9. The lowest BCUT2D eigenvalue weighted by atomic mass is 9.45. The number of aromatic nitrogens is 2. The number of amides is 1. The Morgan fingerprint density at radius 2 is 2.08 bits per heavy atom. The molecule has 2 aliphatic rings. The van der Waals surface area contributed by atoms with Crippen LogP contribution in [-0.4, -0.2) is 29.1 Å². The van der Waals surface area contributed by atoms with Gasteiger partial charge in [-0.2, -0.15) is 0 Å². The van der Waals surface area contributed by atoms with Crippen LogP contribution in [0.15, 0.2) is 33.6 Å². The van der Waals surface area contributed by atoms with Crippen LogP contribution in [0.4, 0.5) is 5.69 Å². The molecular weight excluding hydrogens is 338 g/mol. The molecule has 0 bridgehead atoms. The van der Waals surface area contributed by atoms with E-state index in [2.05, 4.69) is 20.0 Å². The van der Waals surface area contributed by atoms with E-state index in [1.54, 1.807) is 24.3 Å². The highest BCUT2D eigenvalue weighted by Crippen LogP contribution is 2.65. The largest absolute Gasteiger partial charge is 0.468 e.